The second-order valence-electron chi connectivity index (χ2n) is 9.54. The van der Waals surface area contributed by atoms with Crippen LogP contribution in [0.5, 0.6) is 5.75 Å². The summed E-state index contributed by atoms with van der Waals surface area (Å²) in [6.45, 7) is 6.13. The number of nitrogens with one attached hydrogen (secondary N) is 1. The highest BCUT2D eigenvalue weighted by Crippen LogP contribution is 2.37. The first kappa shape index (κ1) is 27.6. The normalized spacial score (nSPS) is 20.0. The smallest absolute Gasteiger partial charge is 0.266 e. The van der Waals surface area contributed by atoms with E-state index in [9.17, 15) is 27.2 Å². The van der Waals surface area contributed by atoms with E-state index in [1.807, 2.05) is 11.8 Å². The number of likely N-dealkylation sites (tertiary alicyclic amines) is 1. The molecule has 0 aromatic heterocycles. The van der Waals surface area contributed by atoms with Gasteiger partial charge in [0.25, 0.3) is 5.91 Å². The quantitative estimate of drug-likeness (QED) is 0.224. The van der Waals surface area contributed by atoms with Gasteiger partial charge < -0.3 is 9.64 Å². The molecule has 1 amide bonds. The van der Waals surface area contributed by atoms with Crippen LogP contribution in [0.4, 0.5) is 14.5 Å². The molecule has 0 aliphatic carbocycles. The summed E-state index contributed by atoms with van der Waals surface area (Å²) in [7, 11) is -4.17. The Hall–Kier alpha value is -2.02. The number of carbonyl (C=O) groups is 1. The van der Waals surface area contributed by atoms with E-state index in [1.54, 1.807) is 12.1 Å². The van der Waals surface area contributed by atoms with E-state index in [-0.39, 0.29) is 44.8 Å². The predicted octanol–water partition coefficient (Wildman–Crippen LogP) is 2.50. The molecule has 35 heavy (non-hydrogen) atoms. The number of unbranched alkanes of at least 4 members (excludes halogenated alkanes) is 1. The Bertz CT molecular complexity index is 986. The average molecular weight is 519 g/mol. The molecular weight excluding hydrogens is 482 g/mol. The maximum atomic E-state index is 14.5. The van der Waals surface area contributed by atoms with Gasteiger partial charge in [-0.1, -0.05) is 13.3 Å². The molecule has 1 aromatic rings. The van der Waals surface area contributed by atoms with E-state index >= 15 is 0 Å². The highest BCUT2D eigenvalue weighted by molar-refractivity contribution is 7.91. The van der Waals surface area contributed by atoms with Crippen LogP contribution in [0.2, 0.25) is 0 Å². The molecule has 0 spiro atoms. The monoisotopic (exact) mass is 518 g/mol. The number of alkyl halides is 1. The standard InChI is InChI=1S/C23H36F2N4O5S/c1-4-5-16-34-20-7-6-18(17-19(20)24)27-12-14-29(15-13-27)35(32,33)23(21(30)26-31)8-10-28(11-9-23)22(2,3)25/h6-7,17,31H,4-5,8-16H2,1-3H3,(H,26,30). The van der Waals surface area contributed by atoms with Crippen molar-refractivity contribution in [1.29, 1.82) is 0 Å². The van der Waals surface area contributed by atoms with Gasteiger partial charge in [0.15, 0.2) is 22.1 Å². The third kappa shape index (κ3) is 5.71. The fourth-order valence-corrected chi connectivity index (χ4v) is 6.78. The lowest BCUT2D eigenvalue weighted by molar-refractivity contribution is -0.134. The first-order valence-corrected chi connectivity index (χ1v) is 13.5. The number of anilines is 1. The second kappa shape index (κ2) is 10.9. The zero-order chi connectivity index (χ0) is 25.9. The fourth-order valence-electron chi connectivity index (χ4n) is 4.67. The van der Waals surface area contributed by atoms with Crippen molar-refractivity contribution in [2.75, 3.05) is 50.8 Å². The van der Waals surface area contributed by atoms with Crippen molar-refractivity contribution < 1.29 is 31.9 Å². The van der Waals surface area contributed by atoms with Crippen molar-refractivity contribution in [2.24, 2.45) is 0 Å². The summed E-state index contributed by atoms with van der Waals surface area (Å²) < 4.78 is 60.9. The van der Waals surface area contributed by atoms with E-state index in [1.165, 1.54) is 34.6 Å². The second-order valence-corrected chi connectivity index (χ2v) is 11.8. The molecule has 0 saturated carbocycles. The molecule has 3 rings (SSSR count). The summed E-state index contributed by atoms with van der Waals surface area (Å²) in [5.41, 5.74) is 2.13. The zero-order valence-corrected chi connectivity index (χ0v) is 21.4. The number of hydroxylamine groups is 1. The SMILES string of the molecule is CCCCOc1ccc(N2CCN(S(=O)(=O)C3(C(=O)NO)CCN(C(C)(C)F)CC3)CC2)cc1F. The number of ether oxygens (including phenoxy) is 1. The molecule has 9 nitrogen and oxygen atoms in total. The van der Waals surface area contributed by atoms with Crippen LogP contribution in [-0.4, -0.2) is 85.2 Å². The first-order chi connectivity index (χ1) is 16.5. The molecule has 198 valence electrons. The number of benzene rings is 1. The number of nitrogens with zero attached hydrogens (tertiary/aromatic N) is 3. The average Bonchev–Trinajstić information content (AvgIpc) is 2.84. The lowest BCUT2D eigenvalue weighted by Crippen LogP contribution is -2.64. The van der Waals surface area contributed by atoms with Gasteiger partial charge in [-0.3, -0.25) is 14.9 Å². The lowest BCUT2D eigenvalue weighted by Gasteiger charge is -2.45. The topological polar surface area (TPSA) is 102 Å². The molecule has 0 atom stereocenters. The molecule has 2 saturated heterocycles. The van der Waals surface area contributed by atoms with Crippen LogP contribution in [0.25, 0.3) is 0 Å². The van der Waals surface area contributed by atoms with Crippen LogP contribution in [0.3, 0.4) is 0 Å². The molecule has 2 N–H and O–H groups in total. The zero-order valence-electron chi connectivity index (χ0n) is 20.6. The molecule has 12 heteroatoms. The van der Waals surface area contributed by atoms with E-state index in [2.05, 4.69) is 0 Å². The van der Waals surface area contributed by atoms with Gasteiger partial charge in [0.05, 0.1) is 6.61 Å². The first-order valence-electron chi connectivity index (χ1n) is 12.0. The van der Waals surface area contributed by atoms with Gasteiger partial charge in [-0.15, -0.1) is 0 Å². The van der Waals surface area contributed by atoms with E-state index in [0.717, 1.165) is 12.8 Å². The van der Waals surface area contributed by atoms with Crippen LogP contribution in [-0.2, 0) is 14.8 Å². The number of sulfonamides is 1. The third-order valence-corrected chi connectivity index (χ3v) is 9.57. The minimum Gasteiger partial charge on any atom is -0.491 e. The number of hydrogen-bond acceptors (Lipinski definition) is 7. The molecule has 2 aliphatic rings. The van der Waals surface area contributed by atoms with Crippen molar-refractivity contribution in [2.45, 2.75) is 57.0 Å². The molecule has 2 fully saturated rings. The van der Waals surface area contributed by atoms with Crippen molar-refractivity contribution in [3.05, 3.63) is 24.0 Å². The molecule has 1 aromatic carbocycles. The Labute approximate surface area is 206 Å². The number of halogens is 2. The Morgan fingerprint density at radius 1 is 1.17 bits per heavy atom. The van der Waals surface area contributed by atoms with Gasteiger partial charge in [-0.05, 0) is 45.2 Å². The summed E-state index contributed by atoms with van der Waals surface area (Å²) in [5.74, 6) is -2.95. The fraction of sp³-hybridized carbons (Fsp3) is 0.696. The van der Waals surface area contributed by atoms with E-state index < -0.39 is 32.3 Å². The van der Waals surface area contributed by atoms with Crippen molar-refractivity contribution >= 4 is 21.6 Å². The van der Waals surface area contributed by atoms with Gasteiger partial charge in [0.1, 0.15) is 0 Å². The Balaban J connectivity index is 1.70. The van der Waals surface area contributed by atoms with Crippen LogP contribution < -0.4 is 15.1 Å². The van der Waals surface area contributed by atoms with Crippen LogP contribution in [0.15, 0.2) is 18.2 Å². The summed E-state index contributed by atoms with van der Waals surface area (Å²) in [5, 5.41) is 9.32. The minimum atomic E-state index is -4.17. The summed E-state index contributed by atoms with van der Waals surface area (Å²) in [6.07, 6.45) is 1.50. The minimum absolute atomic E-state index is 0.0576. The Morgan fingerprint density at radius 3 is 2.31 bits per heavy atom. The summed E-state index contributed by atoms with van der Waals surface area (Å²) in [4.78, 5) is 16.0. The molecule has 2 aliphatic heterocycles. The highest BCUT2D eigenvalue weighted by atomic mass is 32.2. The number of amides is 1. The summed E-state index contributed by atoms with van der Waals surface area (Å²) in [6, 6.07) is 4.69. The summed E-state index contributed by atoms with van der Waals surface area (Å²) >= 11 is 0. The molecular formula is C23H36F2N4O5S. The van der Waals surface area contributed by atoms with Gasteiger partial charge in [0.2, 0.25) is 10.0 Å². The van der Waals surface area contributed by atoms with Crippen LogP contribution in [0, 0.1) is 5.82 Å². The van der Waals surface area contributed by atoms with Gasteiger partial charge >= 0.3 is 0 Å². The highest BCUT2D eigenvalue weighted by Gasteiger charge is 2.56. The number of piperidine rings is 1. The van der Waals surface area contributed by atoms with E-state index in [4.69, 9.17) is 4.74 Å². The number of piperazine rings is 1. The van der Waals surface area contributed by atoms with Crippen LogP contribution in [0.1, 0.15) is 46.5 Å². The third-order valence-electron chi connectivity index (χ3n) is 6.95. The number of rotatable bonds is 9. The van der Waals surface area contributed by atoms with Gasteiger partial charge in [-0.25, -0.2) is 22.7 Å². The molecule has 0 bridgehead atoms. The maximum Gasteiger partial charge on any atom is 0.266 e. The van der Waals surface area contributed by atoms with Crippen molar-refractivity contribution in [3.8, 4) is 5.75 Å². The Kier molecular flexibility index (Phi) is 8.61. The van der Waals surface area contributed by atoms with Gasteiger partial charge in [0, 0.05) is 51.0 Å². The molecule has 0 radical (unpaired) electrons. The van der Waals surface area contributed by atoms with E-state index in [0.29, 0.717) is 25.4 Å². The van der Waals surface area contributed by atoms with Gasteiger partial charge in [-0.2, -0.15) is 4.31 Å². The lowest BCUT2D eigenvalue weighted by atomic mass is 9.94. The molecule has 0 unspecified atom stereocenters. The maximum absolute atomic E-state index is 14.5. The van der Waals surface area contributed by atoms with Crippen molar-refractivity contribution in [3.63, 3.8) is 0 Å². The largest absolute Gasteiger partial charge is 0.491 e. The Morgan fingerprint density at radius 2 is 1.80 bits per heavy atom. The molecule has 2 heterocycles. The van der Waals surface area contributed by atoms with Crippen LogP contribution >= 0.6 is 0 Å². The van der Waals surface area contributed by atoms with Crippen molar-refractivity contribution in [1.82, 2.24) is 14.7 Å². The number of hydrogen-bond donors (Lipinski definition) is 2. The number of carbonyl (C=O) groups excluding carboxylic acids is 1. The predicted molar refractivity (Wildman–Crippen MR) is 128 cm³/mol.